The third kappa shape index (κ3) is 1.58. The summed E-state index contributed by atoms with van der Waals surface area (Å²) in [5.41, 5.74) is 1.44. The predicted molar refractivity (Wildman–Crippen MR) is 65.7 cm³/mol. The number of para-hydroxylation sites is 1. The monoisotopic (exact) mass is 229 g/mol. The topological polar surface area (TPSA) is 29.5 Å². The Labute approximate surface area is 101 Å². The standard InChI is InChI=1S/C14H15NO2/c1-14(8-4-5-9-17-14)15-12-7-3-2-6-11(12)10-13(15)16/h2-4,6-8H,5,9-10H2,1H3/t14-/m0/s1. The van der Waals surface area contributed by atoms with Crippen LogP contribution in [0, 0.1) is 0 Å². The van der Waals surface area contributed by atoms with Gasteiger partial charge < -0.3 is 4.74 Å². The second-order valence-corrected chi connectivity index (χ2v) is 4.63. The first-order chi connectivity index (χ1) is 8.21. The molecule has 1 amide bonds. The SMILES string of the molecule is C[C@@]1(N2C(=O)Cc3ccccc32)C=CCCO1. The largest absolute Gasteiger partial charge is 0.351 e. The first-order valence-electron chi connectivity index (χ1n) is 5.93. The molecular formula is C14H15NO2. The highest BCUT2D eigenvalue weighted by molar-refractivity contribution is 6.02. The second-order valence-electron chi connectivity index (χ2n) is 4.63. The smallest absolute Gasteiger partial charge is 0.234 e. The Balaban J connectivity index is 2.06. The molecule has 3 heteroatoms. The van der Waals surface area contributed by atoms with E-state index in [2.05, 4.69) is 6.08 Å². The molecule has 0 unspecified atom stereocenters. The van der Waals surface area contributed by atoms with Crippen LogP contribution < -0.4 is 4.90 Å². The Bertz CT molecular complexity index is 495. The number of carbonyl (C=O) groups excluding carboxylic acids is 1. The fourth-order valence-electron chi connectivity index (χ4n) is 2.56. The third-order valence-corrected chi connectivity index (χ3v) is 3.37. The van der Waals surface area contributed by atoms with E-state index >= 15 is 0 Å². The minimum absolute atomic E-state index is 0.111. The molecule has 1 aromatic carbocycles. The van der Waals surface area contributed by atoms with E-state index in [0.717, 1.165) is 17.7 Å². The van der Waals surface area contributed by atoms with Crippen molar-refractivity contribution in [2.75, 3.05) is 11.5 Å². The van der Waals surface area contributed by atoms with Gasteiger partial charge in [-0.25, -0.2) is 0 Å². The highest BCUT2D eigenvalue weighted by Crippen LogP contribution is 2.36. The van der Waals surface area contributed by atoms with Crippen molar-refractivity contribution in [2.24, 2.45) is 0 Å². The van der Waals surface area contributed by atoms with E-state index in [1.165, 1.54) is 0 Å². The van der Waals surface area contributed by atoms with Crippen molar-refractivity contribution in [1.29, 1.82) is 0 Å². The van der Waals surface area contributed by atoms with E-state index < -0.39 is 5.72 Å². The van der Waals surface area contributed by atoms with E-state index in [0.29, 0.717) is 13.0 Å². The maximum Gasteiger partial charge on any atom is 0.234 e. The lowest BCUT2D eigenvalue weighted by Crippen LogP contribution is -2.50. The maximum absolute atomic E-state index is 12.1. The quantitative estimate of drug-likeness (QED) is 0.691. The Kier molecular flexibility index (Phi) is 2.30. The van der Waals surface area contributed by atoms with E-state index in [-0.39, 0.29) is 5.91 Å². The summed E-state index contributed by atoms with van der Waals surface area (Å²) in [6, 6.07) is 7.91. The Morgan fingerprint density at radius 1 is 1.35 bits per heavy atom. The van der Waals surface area contributed by atoms with Crippen LogP contribution in [0.25, 0.3) is 0 Å². The number of hydrogen-bond donors (Lipinski definition) is 0. The zero-order valence-electron chi connectivity index (χ0n) is 9.85. The van der Waals surface area contributed by atoms with Gasteiger partial charge in [0.05, 0.1) is 18.7 Å². The molecule has 1 aromatic rings. The van der Waals surface area contributed by atoms with Crippen LogP contribution in [0.3, 0.4) is 0 Å². The van der Waals surface area contributed by atoms with Crippen LogP contribution in [-0.4, -0.2) is 18.2 Å². The fourth-order valence-corrected chi connectivity index (χ4v) is 2.56. The van der Waals surface area contributed by atoms with E-state index in [1.54, 1.807) is 4.90 Å². The molecule has 0 aliphatic carbocycles. The lowest BCUT2D eigenvalue weighted by molar-refractivity contribution is -0.122. The molecule has 0 radical (unpaired) electrons. The minimum Gasteiger partial charge on any atom is -0.351 e. The molecule has 0 bridgehead atoms. The van der Waals surface area contributed by atoms with Gasteiger partial charge in [-0.3, -0.25) is 9.69 Å². The van der Waals surface area contributed by atoms with Gasteiger partial charge in [0.15, 0.2) is 5.72 Å². The fraction of sp³-hybridized carbons (Fsp3) is 0.357. The summed E-state index contributed by atoms with van der Waals surface area (Å²) in [6.45, 7) is 2.61. The number of nitrogens with zero attached hydrogens (tertiary/aromatic N) is 1. The zero-order valence-corrected chi connectivity index (χ0v) is 9.85. The van der Waals surface area contributed by atoms with Crippen molar-refractivity contribution in [1.82, 2.24) is 0 Å². The van der Waals surface area contributed by atoms with Crippen LogP contribution in [0.5, 0.6) is 0 Å². The van der Waals surface area contributed by atoms with Gasteiger partial charge in [0, 0.05) is 0 Å². The van der Waals surface area contributed by atoms with Gasteiger partial charge in [0.1, 0.15) is 0 Å². The van der Waals surface area contributed by atoms with Gasteiger partial charge in [-0.05, 0) is 31.1 Å². The minimum atomic E-state index is -0.623. The van der Waals surface area contributed by atoms with Crippen LogP contribution in [-0.2, 0) is 16.0 Å². The molecule has 2 heterocycles. The summed E-state index contributed by atoms with van der Waals surface area (Å²) in [4.78, 5) is 13.9. The summed E-state index contributed by atoms with van der Waals surface area (Å²) < 4.78 is 5.79. The number of carbonyl (C=O) groups is 1. The molecule has 0 saturated heterocycles. The number of amides is 1. The number of hydrogen-bond acceptors (Lipinski definition) is 2. The van der Waals surface area contributed by atoms with Crippen LogP contribution in [0.1, 0.15) is 18.9 Å². The van der Waals surface area contributed by atoms with Gasteiger partial charge >= 0.3 is 0 Å². The van der Waals surface area contributed by atoms with Gasteiger partial charge in [-0.2, -0.15) is 0 Å². The van der Waals surface area contributed by atoms with Gasteiger partial charge in [0.2, 0.25) is 5.91 Å². The molecule has 0 saturated carbocycles. The van der Waals surface area contributed by atoms with Crippen LogP contribution >= 0.6 is 0 Å². The number of benzene rings is 1. The molecule has 1 atom stereocenters. The van der Waals surface area contributed by atoms with Crippen LogP contribution in [0.15, 0.2) is 36.4 Å². The summed E-state index contributed by atoms with van der Waals surface area (Å²) in [6.07, 6.45) is 5.45. The van der Waals surface area contributed by atoms with Crippen molar-refractivity contribution < 1.29 is 9.53 Å². The first-order valence-corrected chi connectivity index (χ1v) is 5.93. The summed E-state index contributed by atoms with van der Waals surface area (Å²) in [7, 11) is 0. The third-order valence-electron chi connectivity index (χ3n) is 3.37. The lowest BCUT2D eigenvalue weighted by atomic mass is 10.1. The van der Waals surface area contributed by atoms with Gasteiger partial charge in [-0.1, -0.05) is 24.3 Å². The Morgan fingerprint density at radius 3 is 2.94 bits per heavy atom. The lowest BCUT2D eigenvalue weighted by Gasteiger charge is -2.38. The van der Waals surface area contributed by atoms with Gasteiger partial charge in [-0.15, -0.1) is 0 Å². The molecule has 3 nitrogen and oxygen atoms in total. The summed E-state index contributed by atoms with van der Waals surface area (Å²) in [5, 5.41) is 0. The number of rotatable bonds is 1. The highest BCUT2D eigenvalue weighted by Gasteiger charge is 2.40. The maximum atomic E-state index is 12.1. The highest BCUT2D eigenvalue weighted by atomic mass is 16.5. The van der Waals surface area contributed by atoms with Crippen molar-refractivity contribution in [3.05, 3.63) is 42.0 Å². The normalized spacial score (nSPS) is 27.4. The van der Waals surface area contributed by atoms with Crippen molar-refractivity contribution in [2.45, 2.75) is 25.5 Å². The number of fused-ring (bicyclic) bond motifs is 1. The van der Waals surface area contributed by atoms with Crippen LogP contribution in [0.4, 0.5) is 5.69 Å². The van der Waals surface area contributed by atoms with Crippen molar-refractivity contribution >= 4 is 11.6 Å². The summed E-state index contributed by atoms with van der Waals surface area (Å²) in [5.74, 6) is 0.111. The Morgan fingerprint density at radius 2 is 2.18 bits per heavy atom. The first kappa shape index (κ1) is 10.5. The van der Waals surface area contributed by atoms with E-state index in [4.69, 9.17) is 4.74 Å². The molecule has 2 aliphatic rings. The molecule has 0 spiro atoms. The molecule has 17 heavy (non-hydrogen) atoms. The predicted octanol–water partition coefficient (Wildman–Crippen LogP) is 2.27. The molecular weight excluding hydrogens is 214 g/mol. The number of anilines is 1. The van der Waals surface area contributed by atoms with Crippen molar-refractivity contribution in [3.63, 3.8) is 0 Å². The second kappa shape index (κ2) is 3.70. The average Bonchev–Trinajstić information content (AvgIpc) is 2.66. The molecule has 0 aromatic heterocycles. The zero-order chi connectivity index (χ0) is 11.9. The van der Waals surface area contributed by atoms with E-state index in [9.17, 15) is 4.79 Å². The van der Waals surface area contributed by atoms with E-state index in [1.807, 2.05) is 37.3 Å². The average molecular weight is 229 g/mol. The van der Waals surface area contributed by atoms with Crippen LogP contribution in [0.2, 0.25) is 0 Å². The Hall–Kier alpha value is -1.61. The molecule has 2 aliphatic heterocycles. The van der Waals surface area contributed by atoms with Gasteiger partial charge in [0.25, 0.3) is 0 Å². The molecule has 3 rings (SSSR count). The summed E-state index contributed by atoms with van der Waals surface area (Å²) >= 11 is 0. The van der Waals surface area contributed by atoms with Crippen molar-refractivity contribution in [3.8, 4) is 0 Å². The molecule has 0 fully saturated rings. The molecule has 88 valence electrons. The molecule has 0 N–H and O–H groups in total. The number of ether oxygens (including phenoxy) is 1.